The molecule has 0 aromatic heterocycles. The number of carbonyl (C=O) groups excluding carboxylic acids is 2. The van der Waals surface area contributed by atoms with Crippen LogP contribution in [0.2, 0.25) is 0 Å². The first-order chi connectivity index (χ1) is 15.6. The SMILES string of the molecule is COC(=O)C1CCC2(C)CCC3C(=CC(=O)C4C3(C)CCC3C(C)/C(=N/O)CCC34C)C2C1. The van der Waals surface area contributed by atoms with Crippen molar-refractivity contribution in [2.45, 2.75) is 85.5 Å². The van der Waals surface area contributed by atoms with Crippen LogP contribution in [0, 0.1) is 51.8 Å². The third-order valence-electron chi connectivity index (χ3n) is 11.5. The van der Waals surface area contributed by atoms with Gasteiger partial charge in [0.25, 0.3) is 0 Å². The topological polar surface area (TPSA) is 76.0 Å². The summed E-state index contributed by atoms with van der Waals surface area (Å²) in [5, 5.41) is 13.1. The van der Waals surface area contributed by atoms with E-state index in [2.05, 4.69) is 32.9 Å². The summed E-state index contributed by atoms with van der Waals surface area (Å²) in [4.78, 5) is 26.4. The standard InChI is InChI=1S/C28H41NO4/c1-16-19-8-12-28(4)20-7-11-26(2)10-6-17(25(31)33-5)14-21(26)18(20)15-23(30)24(28)27(19,3)13-9-22(16)29-32/h15-17,19-21,24,32H,6-14H2,1-5H3/b29-22+. The number of methoxy groups -OCH3 is 1. The zero-order valence-electron chi connectivity index (χ0n) is 21.0. The second-order valence-electron chi connectivity index (χ2n) is 12.8. The van der Waals surface area contributed by atoms with Crippen molar-refractivity contribution in [1.29, 1.82) is 0 Å². The van der Waals surface area contributed by atoms with Gasteiger partial charge in [-0.25, -0.2) is 0 Å². The Bertz CT molecular complexity index is 923. The van der Waals surface area contributed by atoms with Crippen molar-refractivity contribution in [3.63, 3.8) is 0 Å². The summed E-state index contributed by atoms with van der Waals surface area (Å²) in [6.07, 6.45) is 11.0. The molecule has 5 nitrogen and oxygen atoms in total. The summed E-state index contributed by atoms with van der Waals surface area (Å²) < 4.78 is 5.11. The molecule has 5 aliphatic carbocycles. The summed E-state index contributed by atoms with van der Waals surface area (Å²) >= 11 is 0. The van der Waals surface area contributed by atoms with Gasteiger partial charge in [-0.15, -0.1) is 0 Å². The molecular formula is C28H41NO4. The maximum absolute atomic E-state index is 14.0. The molecule has 182 valence electrons. The maximum atomic E-state index is 14.0. The van der Waals surface area contributed by atoms with Gasteiger partial charge >= 0.3 is 5.97 Å². The summed E-state index contributed by atoms with van der Waals surface area (Å²) in [5.41, 5.74) is 2.36. The Balaban J connectivity index is 1.53. The monoisotopic (exact) mass is 455 g/mol. The van der Waals surface area contributed by atoms with Crippen LogP contribution in [0.3, 0.4) is 0 Å². The van der Waals surface area contributed by atoms with Crippen molar-refractivity contribution in [2.75, 3.05) is 7.11 Å². The molecule has 1 N–H and O–H groups in total. The van der Waals surface area contributed by atoms with Gasteiger partial charge in [-0.3, -0.25) is 9.59 Å². The molecule has 4 fully saturated rings. The second kappa shape index (κ2) is 7.68. The minimum atomic E-state index is -0.0865. The van der Waals surface area contributed by atoms with Crippen LogP contribution in [0.4, 0.5) is 0 Å². The van der Waals surface area contributed by atoms with Gasteiger partial charge in [0, 0.05) is 11.8 Å². The van der Waals surface area contributed by atoms with Gasteiger partial charge in [0.1, 0.15) is 0 Å². The number of esters is 1. The number of nitrogens with zero attached hydrogens (tertiary/aromatic N) is 1. The van der Waals surface area contributed by atoms with E-state index in [1.165, 1.54) is 19.1 Å². The first kappa shape index (κ1) is 23.1. The molecule has 33 heavy (non-hydrogen) atoms. The van der Waals surface area contributed by atoms with Crippen LogP contribution < -0.4 is 0 Å². The quantitative estimate of drug-likeness (QED) is 0.308. The Hall–Kier alpha value is -1.65. The molecule has 0 saturated heterocycles. The van der Waals surface area contributed by atoms with Gasteiger partial charge in [-0.05, 0) is 97.9 Å². The maximum Gasteiger partial charge on any atom is 0.308 e. The molecule has 0 heterocycles. The zero-order valence-corrected chi connectivity index (χ0v) is 21.0. The molecule has 5 rings (SSSR count). The fraction of sp³-hybridized carbons (Fsp3) is 0.821. The van der Waals surface area contributed by atoms with E-state index in [0.717, 1.165) is 57.1 Å². The largest absolute Gasteiger partial charge is 0.469 e. The minimum absolute atomic E-state index is 0.0282. The highest BCUT2D eigenvalue weighted by molar-refractivity contribution is 5.96. The van der Waals surface area contributed by atoms with Crippen LogP contribution in [0.25, 0.3) is 0 Å². The van der Waals surface area contributed by atoms with Gasteiger partial charge in [0.2, 0.25) is 0 Å². The van der Waals surface area contributed by atoms with Gasteiger partial charge in [-0.1, -0.05) is 38.4 Å². The summed E-state index contributed by atoms with van der Waals surface area (Å²) in [6.45, 7) is 9.33. The van der Waals surface area contributed by atoms with E-state index >= 15 is 0 Å². The van der Waals surface area contributed by atoms with Crippen molar-refractivity contribution < 1.29 is 19.5 Å². The number of ether oxygens (including phenoxy) is 1. The van der Waals surface area contributed by atoms with Crippen molar-refractivity contribution in [3.05, 3.63) is 11.6 Å². The average Bonchev–Trinajstić information content (AvgIpc) is 2.77. The number of allylic oxidation sites excluding steroid dienone is 2. The van der Waals surface area contributed by atoms with Crippen LogP contribution in [0.1, 0.15) is 85.5 Å². The lowest BCUT2D eigenvalue weighted by Gasteiger charge is -2.65. The van der Waals surface area contributed by atoms with E-state index in [-0.39, 0.29) is 40.0 Å². The highest BCUT2D eigenvalue weighted by Gasteiger charge is 2.64. The van der Waals surface area contributed by atoms with Crippen molar-refractivity contribution in [1.82, 2.24) is 0 Å². The predicted octanol–water partition coefficient (Wildman–Crippen LogP) is 5.80. The van der Waals surface area contributed by atoms with Crippen LogP contribution in [0.5, 0.6) is 0 Å². The highest BCUT2D eigenvalue weighted by atomic mass is 16.5. The summed E-state index contributed by atoms with van der Waals surface area (Å²) in [6, 6.07) is 0. The first-order valence-electron chi connectivity index (χ1n) is 13.1. The third-order valence-corrected chi connectivity index (χ3v) is 11.5. The van der Waals surface area contributed by atoms with Gasteiger partial charge in [0.15, 0.2) is 5.78 Å². The minimum Gasteiger partial charge on any atom is -0.469 e. The molecule has 4 saturated carbocycles. The predicted molar refractivity (Wildman–Crippen MR) is 127 cm³/mol. The Morgan fingerprint density at radius 3 is 2.48 bits per heavy atom. The van der Waals surface area contributed by atoms with E-state index in [1.54, 1.807) is 0 Å². The number of carbonyl (C=O) groups is 2. The lowest BCUT2D eigenvalue weighted by atomic mass is 9.38. The molecule has 0 radical (unpaired) electrons. The highest BCUT2D eigenvalue weighted by Crippen LogP contribution is 2.69. The molecular weight excluding hydrogens is 414 g/mol. The smallest absolute Gasteiger partial charge is 0.308 e. The summed E-state index contributed by atoms with van der Waals surface area (Å²) in [5.74, 6) is 1.57. The molecule has 5 heteroatoms. The third kappa shape index (κ3) is 3.13. The number of hydrogen-bond acceptors (Lipinski definition) is 5. The second-order valence-corrected chi connectivity index (χ2v) is 12.8. The molecule has 0 aromatic rings. The molecule has 0 aromatic carbocycles. The van der Waals surface area contributed by atoms with Crippen molar-refractivity contribution >= 4 is 17.5 Å². The van der Waals surface area contributed by atoms with Gasteiger partial charge < -0.3 is 9.94 Å². The lowest BCUT2D eigenvalue weighted by Crippen LogP contribution is -2.61. The zero-order chi connectivity index (χ0) is 23.8. The van der Waals surface area contributed by atoms with Crippen LogP contribution in [0.15, 0.2) is 16.8 Å². The van der Waals surface area contributed by atoms with Gasteiger partial charge in [0.05, 0.1) is 18.7 Å². The molecule has 9 unspecified atom stereocenters. The normalized spacial score (nSPS) is 50.4. The van der Waals surface area contributed by atoms with E-state index < -0.39 is 0 Å². The Kier molecular flexibility index (Phi) is 5.38. The number of ketones is 1. The lowest BCUT2D eigenvalue weighted by molar-refractivity contribution is -0.155. The number of rotatable bonds is 1. The van der Waals surface area contributed by atoms with E-state index in [0.29, 0.717) is 23.5 Å². The van der Waals surface area contributed by atoms with Crippen molar-refractivity contribution in [2.24, 2.45) is 56.9 Å². The number of hydrogen-bond donors (Lipinski definition) is 1. The van der Waals surface area contributed by atoms with Crippen LogP contribution >= 0.6 is 0 Å². The van der Waals surface area contributed by atoms with E-state index in [4.69, 9.17) is 4.74 Å². The molecule has 0 spiro atoms. The Labute approximate surface area is 198 Å². The molecule has 0 aliphatic heterocycles. The van der Waals surface area contributed by atoms with E-state index in [9.17, 15) is 14.8 Å². The summed E-state index contributed by atoms with van der Waals surface area (Å²) in [7, 11) is 1.49. The molecule has 5 aliphatic rings. The molecule has 0 bridgehead atoms. The molecule has 0 amide bonds. The fourth-order valence-corrected chi connectivity index (χ4v) is 9.71. The fourth-order valence-electron chi connectivity index (χ4n) is 9.71. The molecule has 9 atom stereocenters. The number of oxime groups is 1. The van der Waals surface area contributed by atoms with Gasteiger partial charge in [-0.2, -0.15) is 0 Å². The Morgan fingerprint density at radius 1 is 1.06 bits per heavy atom. The number of fused-ring (bicyclic) bond motifs is 7. The van der Waals surface area contributed by atoms with Crippen LogP contribution in [-0.2, 0) is 14.3 Å². The first-order valence-corrected chi connectivity index (χ1v) is 13.1. The van der Waals surface area contributed by atoms with Crippen LogP contribution in [-0.4, -0.2) is 29.8 Å². The average molecular weight is 456 g/mol. The van der Waals surface area contributed by atoms with E-state index in [1.807, 2.05) is 6.08 Å². The Morgan fingerprint density at radius 2 is 1.79 bits per heavy atom. The van der Waals surface area contributed by atoms with Crippen molar-refractivity contribution in [3.8, 4) is 0 Å².